The van der Waals surface area contributed by atoms with Crippen LogP contribution in [0.4, 0.5) is 5.82 Å². The molecule has 0 aliphatic rings. The number of aryl methyl sites for hydroxylation is 1. The fourth-order valence-electron chi connectivity index (χ4n) is 0.923. The van der Waals surface area contributed by atoms with E-state index in [2.05, 4.69) is 15.6 Å². The number of amides is 1. The molecule has 0 aromatic carbocycles. The maximum absolute atomic E-state index is 10.9. The molecule has 0 radical (unpaired) electrons. The van der Waals surface area contributed by atoms with Crippen LogP contribution in [-0.4, -0.2) is 24.5 Å². The molecule has 0 spiro atoms. The summed E-state index contributed by atoms with van der Waals surface area (Å²) in [4.78, 5) is 15.0. The number of aromatic nitrogens is 1. The molecule has 2 N–H and O–H groups in total. The Morgan fingerprint density at radius 2 is 2.38 bits per heavy atom. The molecule has 1 amide bonds. The summed E-state index contributed by atoms with van der Waals surface area (Å²) in [6, 6.07) is 3.81. The monoisotopic (exact) mass is 179 g/mol. The number of nitrogens with zero attached hydrogens (tertiary/aromatic N) is 1. The Hall–Kier alpha value is -1.58. The van der Waals surface area contributed by atoms with Crippen molar-refractivity contribution < 1.29 is 4.79 Å². The van der Waals surface area contributed by atoms with Crippen LogP contribution in [0.3, 0.4) is 0 Å². The minimum absolute atomic E-state index is 0.0509. The number of hydrogen-bond donors (Lipinski definition) is 2. The van der Waals surface area contributed by atoms with Gasteiger partial charge in [0.1, 0.15) is 5.82 Å². The standard InChI is InChI=1S/C9H13N3O/c1-7-4-3-5-11-9(7)12-6-8(13)10-2/h3-5H,6H2,1-2H3,(H,10,13)(H,11,12). The third-order valence-electron chi connectivity index (χ3n) is 1.70. The summed E-state index contributed by atoms with van der Waals surface area (Å²) < 4.78 is 0. The predicted octanol–water partition coefficient (Wildman–Crippen LogP) is 0.548. The Labute approximate surface area is 77.4 Å². The van der Waals surface area contributed by atoms with Gasteiger partial charge in [0.05, 0.1) is 6.54 Å². The van der Waals surface area contributed by atoms with Crippen LogP contribution in [-0.2, 0) is 4.79 Å². The van der Waals surface area contributed by atoms with Crippen LogP contribution >= 0.6 is 0 Å². The molecule has 1 heterocycles. The maximum Gasteiger partial charge on any atom is 0.239 e. The summed E-state index contributed by atoms with van der Waals surface area (Å²) in [7, 11) is 1.61. The fraction of sp³-hybridized carbons (Fsp3) is 0.333. The molecular formula is C9H13N3O. The number of hydrogen-bond acceptors (Lipinski definition) is 3. The number of nitrogens with one attached hydrogen (secondary N) is 2. The van der Waals surface area contributed by atoms with Gasteiger partial charge in [0.15, 0.2) is 0 Å². The third-order valence-corrected chi connectivity index (χ3v) is 1.70. The minimum Gasteiger partial charge on any atom is -0.361 e. The van der Waals surface area contributed by atoms with Gasteiger partial charge >= 0.3 is 0 Å². The second-order valence-corrected chi connectivity index (χ2v) is 2.70. The van der Waals surface area contributed by atoms with E-state index in [-0.39, 0.29) is 12.5 Å². The average Bonchev–Trinajstić information content (AvgIpc) is 2.16. The molecule has 4 nitrogen and oxygen atoms in total. The number of likely N-dealkylation sites (N-methyl/N-ethyl adjacent to an activating group) is 1. The van der Waals surface area contributed by atoms with Crippen LogP contribution in [0.5, 0.6) is 0 Å². The summed E-state index contributed by atoms with van der Waals surface area (Å²) in [6.45, 7) is 2.20. The van der Waals surface area contributed by atoms with Crippen molar-refractivity contribution in [3.05, 3.63) is 23.9 Å². The summed E-state index contributed by atoms with van der Waals surface area (Å²) in [5, 5.41) is 5.47. The molecule has 0 aliphatic heterocycles. The van der Waals surface area contributed by atoms with Crippen molar-refractivity contribution in [1.29, 1.82) is 0 Å². The van der Waals surface area contributed by atoms with Crippen LogP contribution in [0.15, 0.2) is 18.3 Å². The van der Waals surface area contributed by atoms with Gasteiger partial charge in [-0.2, -0.15) is 0 Å². The van der Waals surface area contributed by atoms with Gasteiger partial charge in [-0.1, -0.05) is 6.07 Å². The van der Waals surface area contributed by atoms with Gasteiger partial charge in [-0.3, -0.25) is 4.79 Å². The van der Waals surface area contributed by atoms with Crippen molar-refractivity contribution in [3.63, 3.8) is 0 Å². The van der Waals surface area contributed by atoms with Gasteiger partial charge in [0.25, 0.3) is 0 Å². The Morgan fingerprint density at radius 1 is 1.62 bits per heavy atom. The lowest BCUT2D eigenvalue weighted by atomic mass is 10.3. The van der Waals surface area contributed by atoms with Gasteiger partial charge in [0, 0.05) is 13.2 Å². The molecule has 0 saturated carbocycles. The molecule has 0 fully saturated rings. The molecular weight excluding hydrogens is 166 g/mol. The normalized spacial score (nSPS) is 9.38. The topological polar surface area (TPSA) is 54.0 Å². The number of rotatable bonds is 3. The number of carbonyl (C=O) groups is 1. The molecule has 1 aromatic rings. The van der Waals surface area contributed by atoms with E-state index < -0.39 is 0 Å². The lowest BCUT2D eigenvalue weighted by Gasteiger charge is -2.06. The Balaban J connectivity index is 2.54. The first-order valence-corrected chi connectivity index (χ1v) is 4.10. The molecule has 1 rings (SSSR count). The average molecular weight is 179 g/mol. The molecule has 0 aliphatic carbocycles. The van der Waals surface area contributed by atoms with E-state index in [9.17, 15) is 4.79 Å². The van der Waals surface area contributed by atoms with E-state index in [1.165, 1.54) is 0 Å². The molecule has 1 aromatic heterocycles. The molecule has 0 saturated heterocycles. The van der Waals surface area contributed by atoms with Gasteiger partial charge in [0.2, 0.25) is 5.91 Å². The van der Waals surface area contributed by atoms with Gasteiger partial charge in [-0.15, -0.1) is 0 Å². The highest BCUT2D eigenvalue weighted by Crippen LogP contribution is 2.07. The Morgan fingerprint density at radius 3 is 3.00 bits per heavy atom. The van der Waals surface area contributed by atoms with Crippen LogP contribution in [0.25, 0.3) is 0 Å². The van der Waals surface area contributed by atoms with Gasteiger partial charge in [-0.25, -0.2) is 4.98 Å². The first-order chi connectivity index (χ1) is 6.24. The minimum atomic E-state index is -0.0509. The number of anilines is 1. The van der Waals surface area contributed by atoms with Crippen LogP contribution in [0.1, 0.15) is 5.56 Å². The number of carbonyl (C=O) groups excluding carboxylic acids is 1. The lowest BCUT2D eigenvalue weighted by Crippen LogP contribution is -2.26. The molecule has 0 bridgehead atoms. The highest BCUT2D eigenvalue weighted by atomic mass is 16.1. The smallest absolute Gasteiger partial charge is 0.239 e. The maximum atomic E-state index is 10.9. The number of pyridine rings is 1. The molecule has 70 valence electrons. The molecule has 0 unspecified atom stereocenters. The second-order valence-electron chi connectivity index (χ2n) is 2.70. The summed E-state index contributed by atoms with van der Waals surface area (Å²) in [5.41, 5.74) is 1.03. The molecule has 0 atom stereocenters. The van der Waals surface area contributed by atoms with E-state index in [0.717, 1.165) is 11.4 Å². The fourth-order valence-corrected chi connectivity index (χ4v) is 0.923. The van der Waals surface area contributed by atoms with E-state index in [1.54, 1.807) is 13.2 Å². The quantitative estimate of drug-likeness (QED) is 0.712. The van der Waals surface area contributed by atoms with Crippen molar-refractivity contribution >= 4 is 11.7 Å². The van der Waals surface area contributed by atoms with Crippen LogP contribution in [0.2, 0.25) is 0 Å². The zero-order valence-electron chi connectivity index (χ0n) is 7.79. The first kappa shape index (κ1) is 9.51. The van der Waals surface area contributed by atoms with E-state index in [1.807, 2.05) is 19.1 Å². The van der Waals surface area contributed by atoms with Crippen LogP contribution in [0, 0.1) is 6.92 Å². The zero-order valence-corrected chi connectivity index (χ0v) is 7.79. The van der Waals surface area contributed by atoms with Gasteiger partial charge < -0.3 is 10.6 Å². The van der Waals surface area contributed by atoms with Crippen molar-refractivity contribution in [2.24, 2.45) is 0 Å². The highest BCUT2D eigenvalue weighted by molar-refractivity contribution is 5.80. The molecule has 13 heavy (non-hydrogen) atoms. The van der Waals surface area contributed by atoms with Crippen molar-refractivity contribution in [2.75, 3.05) is 18.9 Å². The molecule has 4 heteroatoms. The Kier molecular flexibility index (Phi) is 3.25. The Bertz CT molecular complexity index is 299. The van der Waals surface area contributed by atoms with Crippen molar-refractivity contribution in [1.82, 2.24) is 10.3 Å². The van der Waals surface area contributed by atoms with E-state index in [4.69, 9.17) is 0 Å². The predicted molar refractivity (Wildman–Crippen MR) is 51.5 cm³/mol. The summed E-state index contributed by atoms with van der Waals surface area (Å²) >= 11 is 0. The zero-order chi connectivity index (χ0) is 9.68. The SMILES string of the molecule is CNC(=O)CNc1ncccc1C. The largest absolute Gasteiger partial charge is 0.361 e. The summed E-state index contributed by atoms with van der Waals surface area (Å²) in [6.07, 6.45) is 1.69. The lowest BCUT2D eigenvalue weighted by molar-refractivity contribution is -0.118. The first-order valence-electron chi connectivity index (χ1n) is 4.10. The third kappa shape index (κ3) is 2.74. The van der Waals surface area contributed by atoms with Gasteiger partial charge in [-0.05, 0) is 18.6 Å². The van der Waals surface area contributed by atoms with E-state index >= 15 is 0 Å². The highest BCUT2D eigenvalue weighted by Gasteiger charge is 2.00. The summed E-state index contributed by atoms with van der Waals surface area (Å²) in [5.74, 6) is 0.705. The second kappa shape index (κ2) is 4.45. The van der Waals surface area contributed by atoms with Crippen molar-refractivity contribution in [3.8, 4) is 0 Å². The van der Waals surface area contributed by atoms with Crippen molar-refractivity contribution in [2.45, 2.75) is 6.92 Å². The van der Waals surface area contributed by atoms with E-state index in [0.29, 0.717) is 0 Å². The van der Waals surface area contributed by atoms with Crippen LogP contribution < -0.4 is 10.6 Å².